The molecule has 1 aromatic rings. The van der Waals surface area contributed by atoms with Crippen molar-refractivity contribution in [1.29, 1.82) is 0 Å². The van der Waals surface area contributed by atoms with Crippen molar-refractivity contribution in [2.75, 3.05) is 13.2 Å². The summed E-state index contributed by atoms with van der Waals surface area (Å²) in [5, 5.41) is 3.77. The van der Waals surface area contributed by atoms with E-state index in [4.69, 9.17) is 16.3 Å². The quantitative estimate of drug-likeness (QED) is 0.728. The summed E-state index contributed by atoms with van der Waals surface area (Å²) >= 11 is 5.82. The maximum Gasteiger partial charge on any atom is 0.127 e. The van der Waals surface area contributed by atoms with Crippen LogP contribution >= 0.6 is 11.6 Å². The predicted octanol–water partition coefficient (Wildman–Crippen LogP) is 3.77. The summed E-state index contributed by atoms with van der Waals surface area (Å²) in [4.78, 5) is 0. The topological polar surface area (TPSA) is 21.3 Å². The highest BCUT2D eigenvalue weighted by molar-refractivity contribution is 6.30. The zero-order valence-electron chi connectivity index (χ0n) is 11.0. The van der Waals surface area contributed by atoms with E-state index in [1.165, 1.54) is 6.07 Å². The van der Waals surface area contributed by atoms with E-state index in [9.17, 15) is 4.39 Å². The Labute approximate surface area is 113 Å². The van der Waals surface area contributed by atoms with E-state index < -0.39 is 0 Å². The fourth-order valence-electron chi connectivity index (χ4n) is 1.57. The fourth-order valence-corrected chi connectivity index (χ4v) is 1.77. The lowest BCUT2D eigenvalue weighted by Crippen LogP contribution is -2.16. The molecule has 1 aromatic carbocycles. The van der Waals surface area contributed by atoms with Gasteiger partial charge in [0.2, 0.25) is 0 Å². The highest BCUT2D eigenvalue weighted by Gasteiger charge is 2.02. The van der Waals surface area contributed by atoms with Gasteiger partial charge in [0.1, 0.15) is 5.82 Å². The smallest absolute Gasteiger partial charge is 0.127 e. The third-order valence-electron chi connectivity index (χ3n) is 2.52. The second-order valence-electron chi connectivity index (χ2n) is 4.54. The van der Waals surface area contributed by atoms with Crippen LogP contribution in [0.15, 0.2) is 18.2 Å². The minimum atomic E-state index is -0.213. The van der Waals surface area contributed by atoms with Gasteiger partial charge in [0, 0.05) is 23.7 Å². The van der Waals surface area contributed by atoms with Gasteiger partial charge in [-0.1, -0.05) is 11.6 Å². The standard InChI is InChI=1S/C14H21ClFNO/c1-11(2)18-8-4-3-7-17-10-12-9-13(15)5-6-14(12)16/h5-6,9,11,17H,3-4,7-8,10H2,1-2H3. The summed E-state index contributed by atoms with van der Waals surface area (Å²) in [5.74, 6) is -0.213. The molecule has 0 aliphatic carbocycles. The summed E-state index contributed by atoms with van der Waals surface area (Å²) in [5.41, 5.74) is 0.612. The van der Waals surface area contributed by atoms with Crippen LogP contribution in [0.25, 0.3) is 0 Å². The number of hydrogen-bond acceptors (Lipinski definition) is 2. The van der Waals surface area contributed by atoms with E-state index in [0.717, 1.165) is 26.0 Å². The molecular weight excluding hydrogens is 253 g/mol. The van der Waals surface area contributed by atoms with Crippen molar-refractivity contribution in [3.05, 3.63) is 34.6 Å². The highest BCUT2D eigenvalue weighted by atomic mass is 35.5. The SMILES string of the molecule is CC(C)OCCCCNCc1cc(Cl)ccc1F. The monoisotopic (exact) mass is 273 g/mol. The van der Waals surface area contributed by atoms with Gasteiger partial charge in [-0.25, -0.2) is 4.39 Å². The Morgan fingerprint density at radius 2 is 2.11 bits per heavy atom. The number of unbranched alkanes of at least 4 members (excludes halogenated alkanes) is 1. The number of halogens is 2. The van der Waals surface area contributed by atoms with Crippen LogP contribution in [0, 0.1) is 5.82 Å². The fraction of sp³-hybridized carbons (Fsp3) is 0.571. The molecular formula is C14H21ClFNO. The lowest BCUT2D eigenvalue weighted by Gasteiger charge is -2.08. The Morgan fingerprint density at radius 3 is 2.83 bits per heavy atom. The van der Waals surface area contributed by atoms with Gasteiger partial charge in [-0.15, -0.1) is 0 Å². The molecule has 102 valence electrons. The zero-order valence-corrected chi connectivity index (χ0v) is 11.8. The van der Waals surface area contributed by atoms with Gasteiger partial charge < -0.3 is 10.1 Å². The molecule has 2 nitrogen and oxygen atoms in total. The number of nitrogens with one attached hydrogen (secondary N) is 1. The molecule has 0 amide bonds. The van der Waals surface area contributed by atoms with E-state index in [0.29, 0.717) is 23.2 Å². The Bertz CT molecular complexity index is 358. The molecule has 0 radical (unpaired) electrons. The maximum absolute atomic E-state index is 13.4. The van der Waals surface area contributed by atoms with Gasteiger partial charge in [0.15, 0.2) is 0 Å². The van der Waals surface area contributed by atoms with Gasteiger partial charge in [0.05, 0.1) is 6.10 Å². The van der Waals surface area contributed by atoms with Gasteiger partial charge in [-0.2, -0.15) is 0 Å². The van der Waals surface area contributed by atoms with E-state index in [-0.39, 0.29) is 5.82 Å². The van der Waals surface area contributed by atoms with Crippen LogP contribution in [0.2, 0.25) is 5.02 Å². The summed E-state index contributed by atoms with van der Waals surface area (Å²) in [6.07, 6.45) is 2.33. The molecule has 0 saturated heterocycles. The lowest BCUT2D eigenvalue weighted by molar-refractivity contribution is 0.0760. The van der Waals surface area contributed by atoms with Crippen molar-refractivity contribution in [2.45, 2.75) is 39.3 Å². The first kappa shape index (κ1) is 15.4. The summed E-state index contributed by atoms with van der Waals surface area (Å²) in [6.45, 7) is 6.20. The number of hydrogen-bond donors (Lipinski definition) is 1. The average molecular weight is 274 g/mol. The summed E-state index contributed by atoms with van der Waals surface area (Å²) in [7, 11) is 0. The van der Waals surface area contributed by atoms with E-state index in [2.05, 4.69) is 5.32 Å². The van der Waals surface area contributed by atoms with Crippen LogP contribution in [-0.2, 0) is 11.3 Å². The van der Waals surface area contributed by atoms with Crippen molar-refractivity contribution in [1.82, 2.24) is 5.32 Å². The van der Waals surface area contributed by atoms with E-state index in [1.54, 1.807) is 12.1 Å². The minimum absolute atomic E-state index is 0.213. The largest absolute Gasteiger partial charge is 0.379 e. The molecule has 0 spiro atoms. The average Bonchev–Trinajstić information content (AvgIpc) is 2.32. The Kier molecular flexibility index (Phi) is 7.25. The number of ether oxygens (including phenoxy) is 1. The van der Waals surface area contributed by atoms with Crippen molar-refractivity contribution in [3.8, 4) is 0 Å². The normalized spacial score (nSPS) is 11.2. The highest BCUT2D eigenvalue weighted by Crippen LogP contribution is 2.14. The van der Waals surface area contributed by atoms with Crippen molar-refractivity contribution in [2.24, 2.45) is 0 Å². The predicted molar refractivity (Wildman–Crippen MR) is 73.4 cm³/mol. The van der Waals surface area contributed by atoms with Gasteiger partial charge in [0.25, 0.3) is 0 Å². The van der Waals surface area contributed by atoms with Crippen LogP contribution in [-0.4, -0.2) is 19.3 Å². The first-order valence-electron chi connectivity index (χ1n) is 6.36. The Morgan fingerprint density at radius 1 is 1.33 bits per heavy atom. The van der Waals surface area contributed by atoms with Crippen molar-refractivity contribution < 1.29 is 9.13 Å². The number of rotatable bonds is 8. The van der Waals surface area contributed by atoms with Gasteiger partial charge >= 0.3 is 0 Å². The van der Waals surface area contributed by atoms with Crippen LogP contribution in [0.4, 0.5) is 4.39 Å². The minimum Gasteiger partial charge on any atom is -0.379 e. The molecule has 0 atom stereocenters. The van der Waals surface area contributed by atoms with Gasteiger partial charge in [-0.3, -0.25) is 0 Å². The molecule has 0 unspecified atom stereocenters. The molecule has 0 bridgehead atoms. The molecule has 0 aliphatic heterocycles. The molecule has 1 rings (SSSR count). The van der Waals surface area contributed by atoms with Crippen LogP contribution < -0.4 is 5.32 Å². The first-order chi connectivity index (χ1) is 8.59. The summed E-state index contributed by atoms with van der Waals surface area (Å²) in [6, 6.07) is 4.62. The van der Waals surface area contributed by atoms with Gasteiger partial charge in [-0.05, 0) is 51.4 Å². The Hall–Kier alpha value is -0.640. The van der Waals surface area contributed by atoms with Crippen LogP contribution in [0.5, 0.6) is 0 Å². The molecule has 1 N–H and O–H groups in total. The maximum atomic E-state index is 13.4. The van der Waals surface area contributed by atoms with Crippen LogP contribution in [0.1, 0.15) is 32.3 Å². The lowest BCUT2D eigenvalue weighted by atomic mass is 10.2. The molecule has 0 aliphatic rings. The second kappa shape index (κ2) is 8.46. The first-order valence-corrected chi connectivity index (χ1v) is 6.73. The third-order valence-corrected chi connectivity index (χ3v) is 2.76. The second-order valence-corrected chi connectivity index (χ2v) is 4.98. The molecule has 0 heterocycles. The number of benzene rings is 1. The van der Waals surface area contributed by atoms with Crippen LogP contribution in [0.3, 0.4) is 0 Å². The third kappa shape index (κ3) is 6.34. The molecule has 0 fully saturated rings. The summed E-state index contributed by atoms with van der Waals surface area (Å²) < 4.78 is 18.8. The molecule has 0 aromatic heterocycles. The van der Waals surface area contributed by atoms with Crippen molar-refractivity contribution in [3.63, 3.8) is 0 Å². The molecule has 0 saturated carbocycles. The molecule has 4 heteroatoms. The molecule has 18 heavy (non-hydrogen) atoms. The van der Waals surface area contributed by atoms with E-state index in [1.807, 2.05) is 13.8 Å². The Balaban J connectivity index is 2.12. The zero-order chi connectivity index (χ0) is 13.4. The van der Waals surface area contributed by atoms with Crippen molar-refractivity contribution >= 4 is 11.6 Å². The van der Waals surface area contributed by atoms with E-state index >= 15 is 0 Å².